The fraction of sp³-hybridized carbons (Fsp3) is 0.188. The minimum absolute atomic E-state index is 0.119. The Hall–Kier alpha value is -4.48. The SMILES string of the molecule is O=C(N[C@@H](Cc1ccccc1)C(=O)OC[C@H](Cc1ccccc1)NS(=O)(=O)c1ccc(C(F)(F)F)cc1)c1ccccc1. The molecule has 4 aromatic carbocycles. The first-order chi connectivity index (χ1) is 20.5. The molecule has 0 aromatic heterocycles. The van der Waals surface area contributed by atoms with Crippen molar-refractivity contribution in [3.05, 3.63) is 138 Å². The van der Waals surface area contributed by atoms with E-state index in [1.807, 2.05) is 6.07 Å². The molecule has 0 radical (unpaired) electrons. The van der Waals surface area contributed by atoms with E-state index in [1.165, 1.54) is 0 Å². The Labute approximate surface area is 247 Å². The largest absolute Gasteiger partial charge is 0.462 e. The van der Waals surface area contributed by atoms with Gasteiger partial charge in [-0.15, -0.1) is 0 Å². The number of carbonyl (C=O) groups is 2. The lowest BCUT2D eigenvalue weighted by molar-refractivity contribution is -0.146. The maximum absolute atomic E-state index is 13.3. The molecule has 224 valence electrons. The fourth-order valence-corrected chi connectivity index (χ4v) is 5.52. The molecule has 11 heteroatoms. The lowest BCUT2D eigenvalue weighted by Crippen LogP contribution is -2.46. The van der Waals surface area contributed by atoms with Crippen molar-refractivity contribution in [2.75, 3.05) is 6.61 Å². The number of esters is 1. The molecule has 1 amide bonds. The van der Waals surface area contributed by atoms with Crippen LogP contribution in [0.4, 0.5) is 13.2 Å². The van der Waals surface area contributed by atoms with Gasteiger partial charge in [-0.05, 0) is 53.9 Å². The van der Waals surface area contributed by atoms with Crippen LogP contribution in [0, 0.1) is 0 Å². The molecule has 7 nitrogen and oxygen atoms in total. The molecular formula is C32H29F3N2O5S. The summed E-state index contributed by atoms with van der Waals surface area (Å²) in [5.41, 5.74) is 0.862. The third-order valence-corrected chi connectivity index (χ3v) is 8.01. The van der Waals surface area contributed by atoms with Gasteiger partial charge >= 0.3 is 12.1 Å². The van der Waals surface area contributed by atoms with Crippen molar-refractivity contribution in [1.82, 2.24) is 10.0 Å². The zero-order valence-electron chi connectivity index (χ0n) is 22.8. The first-order valence-corrected chi connectivity index (χ1v) is 14.8. The molecular weight excluding hydrogens is 581 g/mol. The number of benzene rings is 4. The Morgan fingerprint density at radius 3 is 1.77 bits per heavy atom. The number of halogens is 3. The van der Waals surface area contributed by atoms with Gasteiger partial charge in [0.2, 0.25) is 10.0 Å². The molecule has 0 heterocycles. The highest BCUT2D eigenvalue weighted by molar-refractivity contribution is 7.89. The first kappa shape index (κ1) is 31.5. The molecule has 4 rings (SSSR count). The van der Waals surface area contributed by atoms with Crippen LogP contribution in [0.3, 0.4) is 0 Å². The lowest BCUT2D eigenvalue weighted by atomic mass is 10.1. The molecule has 2 N–H and O–H groups in total. The van der Waals surface area contributed by atoms with Crippen LogP contribution in [0.25, 0.3) is 0 Å². The van der Waals surface area contributed by atoms with Crippen LogP contribution in [-0.4, -0.2) is 39.0 Å². The number of rotatable bonds is 12. The van der Waals surface area contributed by atoms with Crippen LogP contribution in [0.15, 0.2) is 120 Å². The van der Waals surface area contributed by atoms with Gasteiger partial charge in [0.1, 0.15) is 12.6 Å². The van der Waals surface area contributed by atoms with Crippen molar-refractivity contribution in [2.24, 2.45) is 0 Å². The van der Waals surface area contributed by atoms with Gasteiger partial charge in [-0.3, -0.25) is 4.79 Å². The maximum Gasteiger partial charge on any atom is 0.416 e. The second-order valence-corrected chi connectivity index (χ2v) is 11.5. The van der Waals surface area contributed by atoms with E-state index in [0.717, 1.165) is 23.3 Å². The molecule has 0 spiro atoms. The third-order valence-electron chi connectivity index (χ3n) is 6.47. The van der Waals surface area contributed by atoms with Gasteiger partial charge in [0.25, 0.3) is 5.91 Å². The van der Waals surface area contributed by atoms with Crippen molar-refractivity contribution in [3.8, 4) is 0 Å². The normalized spacial score (nSPS) is 13.1. The van der Waals surface area contributed by atoms with Gasteiger partial charge in [0.15, 0.2) is 0 Å². The van der Waals surface area contributed by atoms with Crippen molar-refractivity contribution in [1.29, 1.82) is 0 Å². The number of carbonyl (C=O) groups excluding carboxylic acids is 2. The summed E-state index contributed by atoms with van der Waals surface area (Å²) in [4.78, 5) is 25.8. The van der Waals surface area contributed by atoms with Gasteiger partial charge in [-0.1, -0.05) is 78.9 Å². The topological polar surface area (TPSA) is 102 Å². The Morgan fingerprint density at radius 2 is 1.23 bits per heavy atom. The lowest BCUT2D eigenvalue weighted by Gasteiger charge is -2.22. The van der Waals surface area contributed by atoms with E-state index in [9.17, 15) is 31.2 Å². The first-order valence-electron chi connectivity index (χ1n) is 13.3. The number of ether oxygens (including phenoxy) is 1. The Morgan fingerprint density at radius 1 is 0.721 bits per heavy atom. The molecule has 0 saturated carbocycles. The molecule has 2 atom stereocenters. The Balaban J connectivity index is 1.52. The summed E-state index contributed by atoms with van der Waals surface area (Å²) in [7, 11) is -4.29. The summed E-state index contributed by atoms with van der Waals surface area (Å²) in [5.74, 6) is -1.26. The second-order valence-electron chi connectivity index (χ2n) is 9.74. The maximum atomic E-state index is 13.3. The average Bonchev–Trinajstić information content (AvgIpc) is 3.00. The number of amides is 1. The number of hydrogen-bond acceptors (Lipinski definition) is 5. The van der Waals surface area contributed by atoms with E-state index in [1.54, 1.807) is 84.9 Å². The minimum Gasteiger partial charge on any atom is -0.462 e. The van der Waals surface area contributed by atoms with Crippen molar-refractivity contribution >= 4 is 21.9 Å². The van der Waals surface area contributed by atoms with E-state index in [-0.39, 0.29) is 17.7 Å². The summed E-state index contributed by atoms with van der Waals surface area (Å²) in [6.07, 6.45) is -4.38. The highest BCUT2D eigenvalue weighted by Crippen LogP contribution is 2.29. The zero-order valence-corrected chi connectivity index (χ0v) is 23.6. The van der Waals surface area contributed by atoms with Crippen molar-refractivity contribution in [2.45, 2.75) is 36.0 Å². The minimum atomic E-state index is -4.62. The standard InChI is InChI=1S/C32H29F3N2O5S/c33-32(34,35)26-16-18-28(19-17-26)43(40,41)37-27(20-23-10-4-1-5-11-23)22-42-31(39)29(21-24-12-6-2-7-13-24)36-30(38)25-14-8-3-9-15-25/h1-19,27,29,37H,20-22H2,(H,36,38)/t27-,29-/m0/s1. The number of sulfonamides is 1. The summed E-state index contributed by atoms with van der Waals surface area (Å²) in [6, 6.07) is 27.2. The Kier molecular flexibility index (Phi) is 10.3. The van der Waals surface area contributed by atoms with Crippen LogP contribution in [0.2, 0.25) is 0 Å². The van der Waals surface area contributed by atoms with E-state index in [2.05, 4.69) is 10.0 Å². The van der Waals surface area contributed by atoms with Gasteiger partial charge in [-0.2, -0.15) is 13.2 Å². The summed E-state index contributed by atoms with van der Waals surface area (Å²) in [6.45, 7) is -0.403. The van der Waals surface area contributed by atoms with Crippen molar-refractivity contribution in [3.63, 3.8) is 0 Å². The smallest absolute Gasteiger partial charge is 0.416 e. The molecule has 0 aliphatic carbocycles. The van der Waals surface area contributed by atoms with Crippen LogP contribution < -0.4 is 10.0 Å². The van der Waals surface area contributed by atoms with Gasteiger partial charge in [0.05, 0.1) is 16.5 Å². The third kappa shape index (κ3) is 9.25. The van der Waals surface area contributed by atoms with E-state index >= 15 is 0 Å². The molecule has 0 saturated heterocycles. The summed E-state index contributed by atoms with van der Waals surface area (Å²) >= 11 is 0. The predicted molar refractivity (Wildman–Crippen MR) is 155 cm³/mol. The summed E-state index contributed by atoms with van der Waals surface area (Å²) < 4.78 is 73.2. The monoisotopic (exact) mass is 610 g/mol. The van der Waals surface area contributed by atoms with E-state index in [4.69, 9.17) is 4.74 Å². The quantitative estimate of drug-likeness (QED) is 0.215. The van der Waals surface area contributed by atoms with Crippen molar-refractivity contribution < 1.29 is 35.9 Å². The molecule has 43 heavy (non-hydrogen) atoms. The number of alkyl halides is 3. The van der Waals surface area contributed by atoms with Gasteiger partial charge in [0, 0.05) is 12.0 Å². The summed E-state index contributed by atoms with van der Waals surface area (Å²) in [5, 5.41) is 2.70. The van der Waals surface area contributed by atoms with Crippen LogP contribution >= 0.6 is 0 Å². The predicted octanol–water partition coefficient (Wildman–Crippen LogP) is 5.18. The average molecular weight is 611 g/mol. The van der Waals surface area contributed by atoms with E-state index in [0.29, 0.717) is 17.7 Å². The molecule has 0 bridgehead atoms. The van der Waals surface area contributed by atoms with Crippen LogP contribution in [-0.2, 0) is 38.6 Å². The highest BCUT2D eigenvalue weighted by atomic mass is 32.2. The zero-order chi connectivity index (χ0) is 30.9. The van der Waals surface area contributed by atoms with Gasteiger partial charge in [-0.25, -0.2) is 17.9 Å². The highest BCUT2D eigenvalue weighted by Gasteiger charge is 2.31. The van der Waals surface area contributed by atoms with Gasteiger partial charge < -0.3 is 10.1 Å². The number of nitrogens with one attached hydrogen (secondary N) is 2. The molecule has 0 unspecified atom stereocenters. The van der Waals surface area contributed by atoms with Crippen LogP contribution in [0.5, 0.6) is 0 Å². The Bertz CT molecular complexity index is 1600. The van der Waals surface area contributed by atoms with E-state index < -0.39 is 52.3 Å². The number of hydrogen-bond donors (Lipinski definition) is 2. The van der Waals surface area contributed by atoms with Crippen LogP contribution in [0.1, 0.15) is 27.0 Å². The fourth-order valence-electron chi connectivity index (χ4n) is 4.30. The second kappa shape index (κ2) is 14.1. The molecule has 0 aliphatic heterocycles. The molecule has 0 fully saturated rings. The molecule has 4 aromatic rings. The molecule has 0 aliphatic rings.